The van der Waals surface area contributed by atoms with Crippen LogP contribution in [0.3, 0.4) is 0 Å². The molecule has 0 aliphatic carbocycles. The van der Waals surface area contributed by atoms with E-state index in [2.05, 4.69) is 34.4 Å². The van der Waals surface area contributed by atoms with Crippen LogP contribution in [0.4, 0.5) is 5.69 Å². The Hall–Kier alpha value is -2.73. The predicted molar refractivity (Wildman–Crippen MR) is 175 cm³/mol. The van der Waals surface area contributed by atoms with Gasteiger partial charge in [0.25, 0.3) is 5.91 Å². The predicted octanol–water partition coefficient (Wildman–Crippen LogP) is 4.03. The van der Waals surface area contributed by atoms with Crippen molar-refractivity contribution in [2.45, 2.75) is 81.2 Å². The van der Waals surface area contributed by atoms with Crippen LogP contribution in [0.15, 0.2) is 49.6 Å². The number of aliphatic hydroxyl groups excluding tert-OH is 1. The lowest BCUT2D eigenvalue weighted by molar-refractivity contribution is -0.160. The van der Waals surface area contributed by atoms with Crippen LogP contribution in [-0.2, 0) is 28.7 Å². The minimum Gasteiger partial charge on any atom is -0.460 e. The third-order valence-corrected chi connectivity index (χ3v) is 10.4. The van der Waals surface area contributed by atoms with Gasteiger partial charge in [-0.25, -0.2) is 0 Å². The molecule has 2 N–H and O–H groups in total. The van der Waals surface area contributed by atoms with Gasteiger partial charge in [0.2, 0.25) is 11.8 Å². The number of benzene rings is 1. The van der Waals surface area contributed by atoms with Crippen LogP contribution in [0.5, 0.6) is 0 Å². The number of hydrogen-bond acceptors (Lipinski definition) is 7. The van der Waals surface area contributed by atoms with E-state index in [1.165, 1.54) is 9.80 Å². The van der Waals surface area contributed by atoms with E-state index in [9.17, 15) is 24.3 Å². The summed E-state index contributed by atoms with van der Waals surface area (Å²) in [5.41, 5.74) is -0.913. The summed E-state index contributed by atoms with van der Waals surface area (Å²) in [5, 5.41) is 13.7. The van der Waals surface area contributed by atoms with Crippen molar-refractivity contribution < 1.29 is 33.8 Å². The van der Waals surface area contributed by atoms with Crippen molar-refractivity contribution in [3.05, 3.63) is 54.6 Å². The molecule has 3 fully saturated rings. The maximum Gasteiger partial charge on any atom is 0.312 e. The minimum atomic E-state index is -1.36. The Balaban J connectivity index is 1.72. The lowest BCUT2D eigenvalue weighted by Crippen LogP contribution is -2.60. The van der Waals surface area contributed by atoms with Crippen molar-refractivity contribution in [3.63, 3.8) is 0 Å². The van der Waals surface area contributed by atoms with E-state index in [1.54, 1.807) is 43.3 Å². The molecule has 4 rings (SSSR count). The number of alkyl halides is 1. The Bertz CT molecular complexity index is 1310. The van der Waals surface area contributed by atoms with E-state index in [0.29, 0.717) is 30.0 Å². The van der Waals surface area contributed by atoms with Gasteiger partial charge < -0.3 is 29.7 Å². The number of halogens is 2. The fraction of sp³-hybridized carbons (Fsp3) is 0.576. The summed E-state index contributed by atoms with van der Waals surface area (Å²) in [4.78, 5) is 57.8. The van der Waals surface area contributed by atoms with E-state index >= 15 is 0 Å². The zero-order chi connectivity index (χ0) is 33.1. The summed E-state index contributed by atoms with van der Waals surface area (Å²) in [6.07, 6.45) is 3.57. The molecule has 3 saturated heterocycles. The molecule has 45 heavy (non-hydrogen) atoms. The summed E-state index contributed by atoms with van der Waals surface area (Å²) in [6.45, 7) is 12.8. The highest BCUT2D eigenvalue weighted by molar-refractivity contribution is 9.09. The molecule has 1 spiro atoms. The van der Waals surface area contributed by atoms with Crippen molar-refractivity contribution in [3.8, 4) is 0 Å². The number of nitrogens with one attached hydrogen (secondary N) is 1. The second-order valence-electron chi connectivity index (χ2n) is 12.1. The van der Waals surface area contributed by atoms with E-state index in [-0.39, 0.29) is 42.8 Å². The molecule has 1 aromatic rings. The van der Waals surface area contributed by atoms with Gasteiger partial charge in [-0.15, -0.1) is 13.2 Å². The van der Waals surface area contributed by atoms with Crippen molar-refractivity contribution in [1.82, 2.24) is 10.2 Å². The van der Waals surface area contributed by atoms with Crippen LogP contribution < -0.4 is 10.2 Å². The monoisotopic (exact) mass is 707 g/mol. The Morgan fingerprint density at radius 3 is 2.62 bits per heavy atom. The molecule has 9 atom stereocenters. The molecule has 246 valence electrons. The summed E-state index contributed by atoms with van der Waals surface area (Å²) in [7, 11) is 0. The summed E-state index contributed by atoms with van der Waals surface area (Å²) in [6, 6.07) is 5.06. The average Bonchev–Trinajstić information content (AvgIpc) is 3.61. The highest BCUT2D eigenvalue weighted by Crippen LogP contribution is 2.61. The van der Waals surface area contributed by atoms with Gasteiger partial charge >= 0.3 is 5.97 Å². The molecule has 0 radical (unpaired) electrons. The SMILES string of the molecule is C=CCCC(=O)NC[C@H](C)OC(=O)[C@H]1[C@@H]2O[C@@]3(CC2Br)[C@@H]1C(=O)N([C@@H](CO)[C@@H](C)CC)[C@@H]3C(=O)N(CC=C)c1ccccc1Cl. The normalized spacial score (nSPS) is 28.6. The lowest BCUT2D eigenvalue weighted by Gasteiger charge is -2.41. The second kappa shape index (κ2) is 14.8. The standard InChI is InChI=1S/C33H43BrClN3O7/c1-6-9-14-25(40)36-17-20(5)44-32(43)26-27-30(41)38(24(18-39)19(4)8-3)29(33(27)16-21(34)28(26)45-33)31(42)37(15-7-2)23-13-11-10-12-22(23)35/h6-7,10-13,19-21,24,26-29,39H,1-2,8-9,14-18H2,3-5H3,(H,36,40)/t19-,20-,21?,24-,26+,27-,28+,29+,33-/m0/s1. The number of allylic oxidation sites excluding steroid dienone is 1. The number of para-hydroxylation sites is 1. The van der Waals surface area contributed by atoms with Crippen molar-refractivity contribution in [1.29, 1.82) is 0 Å². The van der Waals surface area contributed by atoms with Crippen molar-refractivity contribution >= 4 is 56.9 Å². The van der Waals surface area contributed by atoms with Crippen LogP contribution in [-0.4, -0.2) is 88.1 Å². The summed E-state index contributed by atoms with van der Waals surface area (Å²) < 4.78 is 12.4. The molecule has 3 aliphatic rings. The minimum absolute atomic E-state index is 0.101. The van der Waals surface area contributed by atoms with Gasteiger partial charge in [0, 0.05) is 17.8 Å². The molecule has 3 aliphatic heterocycles. The van der Waals surface area contributed by atoms with E-state index < -0.39 is 59.5 Å². The van der Waals surface area contributed by atoms with Gasteiger partial charge in [-0.05, 0) is 37.8 Å². The zero-order valence-electron chi connectivity index (χ0n) is 26.0. The third kappa shape index (κ3) is 6.59. The highest BCUT2D eigenvalue weighted by atomic mass is 79.9. The number of fused-ring (bicyclic) bond motifs is 1. The molecule has 0 saturated carbocycles. The number of aliphatic hydroxyl groups is 1. The van der Waals surface area contributed by atoms with E-state index in [0.717, 1.165) is 0 Å². The van der Waals surface area contributed by atoms with Crippen LogP contribution in [0.1, 0.15) is 46.5 Å². The number of amides is 3. The quantitative estimate of drug-likeness (QED) is 0.160. The number of carbonyl (C=O) groups excluding carboxylic acids is 4. The Morgan fingerprint density at radius 2 is 2.00 bits per heavy atom. The third-order valence-electron chi connectivity index (χ3n) is 9.28. The smallest absolute Gasteiger partial charge is 0.312 e. The van der Waals surface area contributed by atoms with Crippen LogP contribution >= 0.6 is 27.5 Å². The highest BCUT2D eigenvalue weighted by Gasteiger charge is 2.77. The number of nitrogens with zero attached hydrogens (tertiary/aromatic N) is 2. The van der Waals surface area contributed by atoms with Gasteiger partial charge in [0.05, 0.1) is 47.8 Å². The maximum absolute atomic E-state index is 14.8. The van der Waals surface area contributed by atoms with E-state index in [4.69, 9.17) is 21.1 Å². The number of hydrogen-bond donors (Lipinski definition) is 2. The van der Waals surface area contributed by atoms with Gasteiger partial charge in [-0.3, -0.25) is 19.2 Å². The largest absolute Gasteiger partial charge is 0.460 e. The fourth-order valence-electron chi connectivity index (χ4n) is 6.94. The number of likely N-dealkylation sites (tertiary alicyclic amines) is 1. The topological polar surface area (TPSA) is 125 Å². The maximum atomic E-state index is 14.8. The molecular formula is C33H43BrClN3O7. The van der Waals surface area contributed by atoms with Crippen LogP contribution in [0.25, 0.3) is 0 Å². The Kier molecular flexibility index (Phi) is 11.5. The lowest BCUT2D eigenvalue weighted by atomic mass is 9.70. The molecule has 10 nitrogen and oxygen atoms in total. The van der Waals surface area contributed by atoms with Crippen LogP contribution in [0, 0.1) is 17.8 Å². The Labute approximate surface area is 278 Å². The first-order chi connectivity index (χ1) is 21.5. The van der Waals surface area contributed by atoms with Crippen molar-refractivity contribution in [2.75, 3.05) is 24.6 Å². The second-order valence-corrected chi connectivity index (χ2v) is 13.7. The van der Waals surface area contributed by atoms with E-state index in [1.807, 2.05) is 13.8 Å². The molecule has 2 bridgehead atoms. The number of ether oxygens (including phenoxy) is 2. The van der Waals surface area contributed by atoms with Gasteiger partial charge in [0.1, 0.15) is 17.7 Å². The fourth-order valence-corrected chi connectivity index (χ4v) is 8.12. The first kappa shape index (κ1) is 35.1. The molecule has 1 unspecified atom stereocenters. The zero-order valence-corrected chi connectivity index (χ0v) is 28.3. The molecular weight excluding hydrogens is 666 g/mol. The molecule has 0 aromatic heterocycles. The van der Waals surface area contributed by atoms with Gasteiger partial charge in [0.15, 0.2) is 0 Å². The number of esters is 1. The van der Waals surface area contributed by atoms with Gasteiger partial charge in [-0.2, -0.15) is 0 Å². The molecule has 3 heterocycles. The number of anilines is 1. The molecule has 12 heteroatoms. The number of carbonyl (C=O) groups is 4. The van der Waals surface area contributed by atoms with Crippen molar-refractivity contribution in [2.24, 2.45) is 17.8 Å². The number of rotatable bonds is 15. The Morgan fingerprint density at radius 1 is 1.29 bits per heavy atom. The molecule has 1 aromatic carbocycles. The first-order valence-electron chi connectivity index (χ1n) is 15.5. The van der Waals surface area contributed by atoms with Gasteiger partial charge in [-0.1, -0.05) is 72.1 Å². The molecule has 3 amide bonds. The average molecular weight is 709 g/mol. The summed E-state index contributed by atoms with van der Waals surface area (Å²) >= 11 is 10.2. The van der Waals surface area contributed by atoms with Crippen LogP contribution in [0.2, 0.25) is 5.02 Å². The summed E-state index contributed by atoms with van der Waals surface area (Å²) in [5.74, 6) is -3.87. The first-order valence-corrected chi connectivity index (χ1v) is 16.8.